The Hall–Kier alpha value is -0.570. The summed E-state index contributed by atoms with van der Waals surface area (Å²) in [7, 11) is 0. The number of aliphatic carboxylic acids is 1. The van der Waals surface area contributed by atoms with Crippen molar-refractivity contribution in [2.24, 2.45) is 5.41 Å². The highest BCUT2D eigenvalue weighted by atomic mass is 16.4. The van der Waals surface area contributed by atoms with Crippen molar-refractivity contribution in [1.29, 1.82) is 0 Å². The van der Waals surface area contributed by atoms with Crippen LogP contribution in [0.3, 0.4) is 0 Å². The lowest BCUT2D eigenvalue weighted by Crippen LogP contribution is -2.68. The van der Waals surface area contributed by atoms with E-state index < -0.39 is 11.5 Å². The number of likely N-dealkylation sites (tertiary alicyclic amines) is 1. The van der Waals surface area contributed by atoms with Gasteiger partial charge in [-0.1, -0.05) is 46.0 Å². The van der Waals surface area contributed by atoms with Crippen LogP contribution in [-0.2, 0) is 4.79 Å². The molecule has 1 saturated heterocycles. The lowest BCUT2D eigenvalue weighted by atomic mass is 9.68. The van der Waals surface area contributed by atoms with Gasteiger partial charge in [-0.15, -0.1) is 0 Å². The van der Waals surface area contributed by atoms with Crippen molar-refractivity contribution in [2.75, 3.05) is 13.1 Å². The molecule has 1 aliphatic heterocycles. The second-order valence-corrected chi connectivity index (χ2v) is 6.75. The largest absolute Gasteiger partial charge is 0.480 e. The third kappa shape index (κ3) is 2.67. The number of rotatable bonds is 6. The summed E-state index contributed by atoms with van der Waals surface area (Å²) in [5.74, 6) is -0.575. The molecule has 2 aliphatic rings. The van der Waals surface area contributed by atoms with E-state index in [1.54, 1.807) is 0 Å². The summed E-state index contributed by atoms with van der Waals surface area (Å²) in [4.78, 5) is 14.1. The Labute approximate surface area is 117 Å². The molecule has 3 nitrogen and oxygen atoms in total. The molecular weight excluding hydrogens is 238 g/mol. The van der Waals surface area contributed by atoms with Gasteiger partial charge in [0.1, 0.15) is 5.54 Å². The maximum atomic E-state index is 11.8. The zero-order valence-electron chi connectivity index (χ0n) is 12.6. The van der Waals surface area contributed by atoms with Gasteiger partial charge in [0, 0.05) is 13.1 Å². The van der Waals surface area contributed by atoms with Gasteiger partial charge in [0.25, 0.3) is 0 Å². The number of carboxylic acids is 1. The first-order chi connectivity index (χ1) is 9.08. The normalized spacial score (nSPS) is 25.8. The zero-order chi connectivity index (χ0) is 13.9. The lowest BCUT2D eigenvalue weighted by molar-refractivity contribution is -0.169. The Kier molecular flexibility index (Phi) is 4.54. The summed E-state index contributed by atoms with van der Waals surface area (Å²) in [6.45, 7) is 6.52. The predicted molar refractivity (Wildman–Crippen MR) is 77.3 cm³/mol. The molecule has 0 aromatic heterocycles. The van der Waals surface area contributed by atoms with Gasteiger partial charge in [0.15, 0.2) is 0 Å². The molecule has 0 bridgehead atoms. The van der Waals surface area contributed by atoms with Crippen molar-refractivity contribution < 1.29 is 9.90 Å². The van der Waals surface area contributed by atoms with Gasteiger partial charge in [0.05, 0.1) is 0 Å². The highest BCUT2D eigenvalue weighted by Gasteiger charge is 2.54. The number of hydrogen-bond acceptors (Lipinski definition) is 2. The SMILES string of the molecule is CCCC1(CCC)CN(C2(C(=O)O)CCCCC2)C1. The van der Waals surface area contributed by atoms with Gasteiger partial charge >= 0.3 is 5.97 Å². The van der Waals surface area contributed by atoms with Crippen LogP contribution in [0.5, 0.6) is 0 Å². The van der Waals surface area contributed by atoms with Gasteiger partial charge in [-0.05, 0) is 31.1 Å². The lowest BCUT2D eigenvalue weighted by Gasteiger charge is -2.58. The van der Waals surface area contributed by atoms with Gasteiger partial charge in [0.2, 0.25) is 0 Å². The molecule has 3 heteroatoms. The van der Waals surface area contributed by atoms with Gasteiger partial charge in [-0.3, -0.25) is 9.69 Å². The average molecular weight is 267 g/mol. The van der Waals surface area contributed by atoms with Crippen LogP contribution in [0.2, 0.25) is 0 Å². The van der Waals surface area contributed by atoms with Crippen LogP contribution in [-0.4, -0.2) is 34.6 Å². The average Bonchev–Trinajstić information content (AvgIpc) is 2.36. The number of nitrogens with zero attached hydrogens (tertiary/aromatic N) is 1. The Morgan fingerprint density at radius 1 is 1.05 bits per heavy atom. The van der Waals surface area contributed by atoms with Crippen LogP contribution in [0, 0.1) is 5.41 Å². The molecule has 1 aliphatic carbocycles. The third-order valence-corrected chi connectivity index (χ3v) is 5.30. The van der Waals surface area contributed by atoms with E-state index in [4.69, 9.17) is 0 Å². The second kappa shape index (κ2) is 5.82. The van der Waals surface area contributed by atoms with Crippen LogP contribution < -0.4 is 0 Å². The minimum absolute atomic E-state index is 0.420. The number of carbonyl (C=O) groups is 1. The maximum Gasteiger partial charge on any atom is 0.324 e. The minimum Gasteiger partial charge on any atom is -0.480 e. The van der Waals surface area contributed by atoms with Crippen LogP contribution in [0.15, 0.2) is 0 Å². The second-order valence-electron chi connectivity index (χ2n) is 6.75. The highest BCUT2D eigenvalue weighted by Crippen LogP contribution is 2.47. The zero-order valence-corrected chi connectivity index (χ0v) is 12.6. The van der Waals surface area contributed by atoms with E-state index in [9.17, 15) is 9.90 Å². The fourth-order valence-electron chi connectivity index (χ4n) is 4.37. The van der Waals surface area contributed by atoms with Gasteiger partial charge in [-0.2, -0.15) is 0 Å². The standard InChI is InChI=1S/C16H29NO2/c1-3-8-15(9-4-2)12-17(13-15)16(14(18)19)10-6-5-7-11-16/h3-13H2,1-2H3,(H,18,19). The third-order valence-electron chi connectivity index (χ3n) is 5.30. The molecule has 2 rings (SSSR count). The Morgan fingerprint density at radius 2 is 1.58 bits per heavy atom. The van der Waals surface area contributed by atoms with Crippen molar-refractivity contribution in [3.8, 4) is 0 Å². The van der Waals surface area contributed by atoms with Crippen LogP contribution in [0.1, 0.15) is 71.6 Å². The Morgan fingerprint density at radius 3 is 2.00 bits per heavy atom. The van der Waals surface area contributed by atoms with E-state index in [1.165, 1.54) is 32.1 Å². The molecule has 19 heavy (non-hydrogen) atoms. The molecule has 0 atom stereocenters. The molecule has 1 N–H and O–H groups in total. The summed E-state index contributed by atoms with van der Waals surface area (Å²) in [5, 5.41) is 9.71. The topological polar surface area (TPSA) is 40.5 Å². The van der Waals surface area contributed by atoms with Crippen molar-refractivity contribution in [3.05, 3.63) is 0 Å². The fraction of sp³-hybridized carbons (Fsp3) is 0.938. The molecule has 1 saturated carbocycles. The van der Waals surface area contributed by atoms with Crippen molar-refractivity contribution in [1.82, 2.24) is 4.90 Å². The molecule has 0 aromatic carbocycles. The van der Waals surface area contributed by atoms with E-state index in [0.29, 0.717) is 5.41 Å². The van der Waals surface area contributed by atoms with Gasteiger partial charge < -0.3 is 5.11 Å². The highest BCUT2D eigenvalue weighted by molar-refractivity contribution is 5.79. The van der Waals surface area contributed by atoms with Crippen molar-refractivity contribution in [2.45, 2.75) is 77.2 Å². The number of carboxylic acid groups (broad SMARTS) is 1. The van der Waals surface area contributed by atoms with E-state index in [1.807, 2.05) is 0 Å². The molecule has 0 spiro atoms. The smallest absolute Gasteiger partial charge is 0.324 e. The molecule has 0 unspecified atom stereocenters. The monoisotopic (exact) mass is 267 g/mol. The summed E-state index contributed by atoms with van der Waals surface area (Å²) in [5.41, 5.74) is -0.105. The summed E-state index contributed by atoms with van der Waals surface area (Å²) < 4.78 is 0. The molecule has 0 aromatic rings. The predicted octanol–water partition coefficient (Wildman–Crippen LogP) is 3.68. The Balaban J connectivity index is 2.04. The van der Waals surface area contributed by atoms with Crippen molar-refractivity contribution >= 4 is 5.97 Å². The molecule has 1 heterocycles. The van der Waals surface area contributed by atoms with Gasteiger partial charge in [-0.25, -0.2) is 0 Å². The first-order valence-corrected chi connectivity index (χ1v) is 8.07. The Bertz CT molecular complexity index is 307. The van der Waals surface area contributed by atoms with Crippen LogP contribution >= 0.6 is 0 Å². The molecule has 110 valence electrons. The summed E-state index contributed by atoms with van der Waals surface area (Å²) >= 11 is 0. The molecular formula is C16H29NO2. The quantitative estimate of drug-likeness (QED) is 0.798. The number of hydrogen-bond donors (Lipinski definition) is 1. The van der Waals surface area contributed by atoms with Crippen LogP contribution in [0.25, 0.3) is 0 Å². The minimum atomic E-state index is -0.575. The van der Waals surface area contributed by atoms with E-state index in [2.05, 4.69) is 18.7 Å². The molecule has 2 fully saturated rings. The first-order valence-electron chi connectivity index (χ1n) is 8.07. The van der Waals surface area contributed by atoms with E-state index in [0.717, 1.165) is 38.8 Å². The van der Waals surface area contributed by atoms with E-state index >= 15 is 0 Å². The molecule has 0 amide bonds. The maximum absolute atomic E-state index is 11.8. The fourth-order valence-corrected chi connectivity index (χ4v) is 4.37. The summed E-state index contributed by atoms with van der Waals surface area (Å²) in [6.07, 6.45) is 10.0. The van der Waals surface area contributed by atoms with Crippen LogP contribution in [0.4, 0.5) is 0 Å². The summed E-state index contributed by atoms with van der Waals surface area (Å²) in [6, 6.07) is 0. The van der Waals surface area contributed by atoms with E-state index in [-0.39, 0.29) is 0 Å². The molecule has 0 radical (unpaired) electrons. The van der Waals surface area contributed by atoms with Crippen molar-refractivity contribution in [3.63, 3.8) is 0 Å². The first kappa shape index (κ1) is 14.8.